The van der Waals surface area contributed by atoms with Gasteiger partial charge in [0.15, 0.2) is 22.2 Å². The van der Waals surface area contributed by atoms with Crippen molar-refractivity contribution in [1.82, 2.24) is 0 Å². The first-order valence-electron chi connectivity index (χ1n) is 9.49. The minimum absolute atomic E-state index is 0.0283. The Morgan fingerprint density at radius 1 is 1.13 bits per heavy atom. The van der Waals surface area contributed by atoms with Gasteiger partial charge in [0.2, 0.25) is 0 Å². The number of ketones is 1. The summed E-state index contributed by atoms with van der Waals surface area (Å²) in [4.78, 5) is 27.0. The summed E-state index contributed by atoms with van der Waals surface area (Å²) in [5.41, 5.74) is 3.32. The molecule has 0 spiro atoms. The highest BCUT2D eigenvalue weighted by atomic mass is 32.2. The summed E-state index contributed by atoms with van der Waals surface area (Å²) in [6.07, 6.45) is 2.58. The second-order valence-corrected chi connectivity index (χ2v) is 10.0. The molecule has 158 valence electrons. The van der Waals surface area contributed by atoms with Crippen LogP contribution >= 0.6 is 0 Å². The number of para-hydroxylation sites is 1. The van der Waals surface area contributed by atoms with Gasteiger partial charge in [-0.3, -0.25) is 4.79 Å². The van der Waals surface area contributed by atoms with Crippen LogP contribution in [0.25, 0.3) is 0 Å². The molecule has 0 atom stereocenters. The fourth-order valence-electron chi connectivity index (χ4n) is 3.72. The topological polar surface area (TPSA) is 80.7 Å². The first-order chi connectivity index (χ1) is 13.9. The van der Waals surface area contributed by atoms with E-state index < -0.39 is 22.4 Å². The minimum atomic E-state index is -3.46. The van der Waals surface area contributed by atoms with Gasteiger partial charge in [0.05, 0.1) is 10.5 Å². The van der Waals surface area contributed by atoms with Crippen molar-refractivity contribution in [3.05, 3.63) is 70.9 Å². The van der Waals surface area contributed by atoms with Gasteiger partial charge in [-0.2, -0.15) is 0 Å². The number of aryl methyl sites for hydroxylation is 1. The highest BCUT2D eigenvalue weighted by Gasteiger charge is 2.38. The highest BCUT2D eigenvalue weighted by Crippen LogP contribution is 2.46. The normalized spacial score (nSPS) is 16.4. The van der Waals surface area contributed by atoms with Crippen LogP contribution in [0.4, 0.5) is 5.69 Å². The second kappa shape index (κ2) is 7.72. The van der Waals surface area contributed by atoms with Crippen LogP contribution in [0.3, 0.4) is 0 Å². The molecular weight excluding hydrogens is 402 g/mol. The van der Waals surface area contributed by atoms with E-state index in [0.717, 1.165) is 23.2 Å². The smallest absolute Gasteiger partial charge is 0.338 e. The Balaban J connectivity index is 1.76. The lowest BCUT2D eigenvalue weighted by molar-refractivity contribution is -0.117. The molecule has 0 aromatic heterocycles. The van der Waals surface area contributed by atoms with Gasteiger partial charge in [-0.15, -0.1) is 0 Å². The number of fused-ring (bicyclic) bond motifs is 1. The van der Waals surface area contributed by atoms with Gasteiger partial charge in [0.1, 0.15) is 0 Å². The fourth-order valence-corrected chi connectivity index (χ4v) is 4.37. The number of anilines is 1. The van der Waals surface area contributed by atoms with Gasteiger partial charge in [-0.25, -0.2) is 13.2 Å². The fraction of sp³-hybridized carbons (Fsp3) is 0.304. The zero-order chi connectivity index (χ0) is 22.3. The number of allylic oxidation sites excluding steroid dienone is 1. The summed E-state index contributed by atoms with van der Waals surface area (Å²) >= 11 is 0. The van der Waals surface area contributed by atoms with E-state index in [2.05, 4.69) is 0 Å². The molecule has 0 saturated carbocycles. The molecule has 0 amide bonds. The maximum absolute atomic E-state index is 12.6. The molecule has 1 heterocycles. The molecule has 0 fully saturated rings. The Morgan fingerprint density at radius 2 is 1.80 bits per heavy atom. The van der Waals surface area contributed by atoms with E-state index in [4.69, 9.17) is 4.74 Å². The SMILES string of the molecule is Cc1ccc(S(C)(=O)=O)cc1C(=O)OCC(=O)C=C1N(C)c2ccccc2C1(C)C. The average molecular weight is 428 g/mol. The first-order valence-corrected chi connectivity index (χ1v) is 11.4. The number of likely N-dealkylation sites (N-methyl/N-ethyl adjacent to an activating group) is 1. The number of ether oxygens (including phenoxy) is 1. The Morgan fingerprint density at radius 3 is 2.43 bits per heavy atom. The van der Waals surface area contributed by atoms with Gasteiger partial charge in [-0.05, 0) is 36.2 Å². The third-order valence-corrected chi connectivity index (χ3v) is 6.55. The summed E-state index contributed by atoms with van der Waals surface area (Å²) in [7, 11) is -1.56. The molecule has 0 aliphatic carbocycles. The van der Waals surface area contributed by atoms with E-state index in [0.29, 0.717) is 5.56 Å². The lowest BCUT2D eigenvalue weighted by atomic mass is 9.83. The number of hydrogen-bond acceptors (Lipinski definition) is 6. The monoisotopic (exact) mass is 427 g/mol. The van der Waals surface area contributed by atoms with Gasteiger partial charge in [-0.1, -0.05) is 38.1 Å². The quantitative estimate of drug-likeness (QED) is 0.537. The molecule has 0 N–H and O–H groups in total. The molecule has 0 unspecified atom stereocenters. The van der Waals surface area contributed by atoms with Crippen LogP contribution in [0.2, 0.25) is 0 Å². The third kappa shape index (κ3) is 4.03. The van der Waals surface area contributed by atoms with Crippen molar-refractivity contribution in [2.75, 3.05) is 24.8 Å². The lowest BCUT2D eigenvalue weighted by Crippen LogP contribution is -2.25. The van der Waals surface area contributed by atoms with E-state index in [1.165, 1.54) is 18.2 Å². The van der Waals surface area contributed by atoms with Crippen LogP contribution < -0.4 is 4.90 Å². The number of sulfone groups is 1. The summed E-state index contributed by atoms with van der Waals surface area (Å²) in [5.74, 6) is -1.07. The minimum Gasteiger partial charge on any atom is -0.454 e. The van der Waals surface area contributed by atoms with Gasteiger partial charge in [0.25, 0.3) is 0 Å². The Hall–Kier alpha value is -2.93. The molecule has 7 heteroatoms. The zero-order valence-corrected chi connectivity index (χ0v) is 18.5. The summed E-state index contributed by atoms with van der Waals surface area (Å²) in [6, 6.07) is 12.2. The van der Waals surface area contributed by atoms with E-state index in [-0.39, 0.29) is 21.7 Å². The van der Waals surface area contributed by atoms with Crippen LogP contribution in [-0.4, -0.2) is 40.1 Å². The Bertz CT molecular complexity index is 1160. The molecule has 6 nitrogen and oxygen atoms in total. The van der Waals surface area contributed by atoms with Crippen molar-refractivity contribution in [3.8, 4) is 0 Å². The van der Waals surface area contributed by atoms with Crippen molar-refractivity contribution in [1.29, 1.82) is 0 Å². The molecular formula is C23H25NO5S. The number of rotatable bonds is 5. The van der Waals surface area contributed by atoms with E-state index in [9.17, 15) is 18.0 Å². The lowest BCUT2D eigenvalue weighted by Gasteiger charge is -2.23. The molecule has 2 aromatic rings. The van der Waals surface area contributed by atoms with E-state index >= 15 is 0 Å². The van der Waals surface area contributed by atoms with Gasteiger partial charge < -0.3 is 9.64 Å². The molecule has 0 saturated heterocycles. The number of hydrogen-bond donors (Lipinski definition) is 0. The predicted octanol–water partition coefficient (Wildman–Crippen LogP) is 3.44. The number of benzene rings is 2. The van der Waals surface area contributed by atoms with E-state index in [1.54, 1.807) is 13.0 Å². The Kier molecular flexibility index (Phi) is 5.60. The predicted molar refractivity (Wildman–Crippen MR) is 116 cm³/mol. The van der Waals surface area contributed by atoms with Crippen LogP contribution in [-0.2, 0) is 24.8 Å². The Labute approximate surface area is 177 Å². The number of nitrogens with zero attached hydrogens (tertiary/aromatic N) is 1. The maximum atomic E-state index is 12.6. The molecule has 0 bridgehead atoms. The van der Waals surface area contributed by atoms with Crippen LogP contribution in [0.1, 0.15) is 35.3 Å². The first kappa shape index (κ1) is 21.8. The summed E-state index contributed by atoms with van der Waals surface area (Å²) in [5, 5.41) is 0. The number of carbonyl (C=O) groups excluding carboxylic acids is 2. The maximum Gasteiger partial charge on any atom is 0.338 e. The molecule has 3 rings (SSSR count). The number of esters is 1. The van der Waals surface area contributed by atoms with Crippen LogP contribution in [0.5, 0.6) is 0 Å². The van der Waals surface area contributed by atoms with Crippen LogP contribution in [0, 0.1) is 6.92 Å². The average Bonchev–Trinajstić information content (AvgIpc) is 2.86. The molecule has 30 heavy (non-hydrogen) atoms. The zero-order valence-electron chi connectivity index (χ0n) is 17.7. The van der Waals surface area contributed by atoms with Crippen molar-refractivity contribution in [2.24, 2.45) is 0 Å². The van der Waals surface area contributed by atoms with Crippen molar-refractivity contribution in [3.63, 3.8) is 0 Å². The van der Waals surface area contributed by atoms with Crippen molar-refractivity contribution >= 4 is 27.3 Å². The second-order valence-electron chi connectivity index (χ2n) is 8.02. The molecule has 1 aliphatic rings. The summed E-state index contributed by atoms with van der Waals surface area (Å²) < 4.78 is 28.7. The standard InChI is InChI=1S/C23H25NO5S/c1-15-10-11-17(30(5,27)28)13-18(15)22(26)29-14-16(25)12-21-23(2,3)19-8-6-7-9-20(19)24(21)4/h6-13H,14H2,1-5H3. The molecule has 0 radical (unpaired) electrons. The molecule has 1 aliphatic heterocycles. The molecule has 2 aromatic carbocycles. The third-order valence-electron chi connectivity index (χ3n) is 5.44. The van der Waals surface area contributed by atoms with E-state index in [1.807, 2.05) is 50.1 Å². The van der Waals surface area contributed by atoms with Crippen molar-refractivity contribution < 1.29 is 22.7 Å². The van der Waals surface area contributed by atoms with Crippen LogP contribution in [0.15, 0.2) is 59.1 Å². The highest BCUT2D eigenvalue weighted by molar-refractivity contribution is 7.90. The van der Waals surface area contributed by atoms with Crippen molar-refractivity contribution in [2.45, 2.75) is 31.1 Å². The number of carbonyl (C=O) groups is 2. The summed E-state index contributed by atoms with van der Waals surface area (Å²) in [6.45, 7) is 5.34. The largest absolute Gasteiger partial charge is 0.454 e. The van der Waals surface area contributed by atoms with Gasteiger partial charge in [0, 0.05) is 36.2 Å². The van der Waals surface area contributed by atoms with Gasteiger partial charge >= 0.3 is 5.97 Å².